The minimum atomic E-state index is -0.587. The number of hydrogen-bond donors (Lipinski definition) is 2. The molecule has 0 bridgehead atoms. The zero-order valence-corrected chi connectivity index (χ0v) is 17.2. The third-order valence-electron chi connectivity index (χ3n) is 4.72. The molecule has 3 aromatic heterocycles. The molecule has 0 unspecified atom stereocenters. The first-order valence-corrected chi connectivity index (χ1v) is 10.1. The van der Waals surface area contributed by atoms with Gasteiger partial charge in [-0.3, -0.25) is 9.59 Å². The highest BCUT2D eigenvalue weighted by Crippen LogP contribution is 2.39. The van der Waals surface area contributed by atoms with Gasteiger partial charge in [0.15, 0.2) is 5.76 Å². The third-order valence-corrected chi connectivity index (χ3v) is 5.74. The number of amides is 2. The number of carbonyl (C=O) groups excluding carboxylic acids is 2. The lowest BCUT2D eigenvalue weighted by Crippen LogP contribution is -2.18. The van der Waals surface area contributed by atoms with E-state index in [0.717, 1.165) is 16.0 Å². The lowest BCUT2D eigenvalue weighted by molar-refractivity contribution is 0.100. The summed E-state index contributed by atoms with van der Waals surface area (Å²) < 4.78 is 5.36. The summed E-state index contributed by atoms with van der Waals surface area (Å²) in [5.74, 6) is -0.312. The number of anilines is 1. The van der Waals surface area contributed by atoms with Gasteiger partial charge in [0.25, 0.3) is 11.8 Å². The van der Waals surface area contributed by atoms with Crippen molar-refractivity contribution in [2.75, 3.05) is 5.32 Å². The minimum absolute atomic E-state index is 0.315. The number of pyridine rings is 1. The number of primary amides is 1. The van der Waals surface area contributed by atoms with Crippen molar-refractivity contribution < 1.29 is 14.0 Å². The molecule has 0 atom stereocenters. The fourth-order valence-corrected chi connectivity index (χ4v) is 4.43. The Balaban J connectivity index is 1.68. The Bertz CT molecular complexity index is 1230. The van der Waals surface area contributed by atoms with Gasteiger partial charge in [-0.25, -0.2) is 4.98 Å². The molecule has 0 aliphatic rings. The van der Waals surface area contributed by atoms with Gasteiger partial charge in [0.2, 0.25) is 0 Å². The van der Waals surface area contributed by atoms with Crippen LogP contribution in [-0.2, 0) is 0 Å². The highest BCUT2D eigenvalue weighted by molar-refractivity contribution is 7.17. The van der Waals surface area contributed by atoms with Crippen LogP contribution in [0.5, 0.6) is 0 Å². The number of hydrogen-bond acceptors (Lipinski definition) is 5. The van der Waals surface area contributed by atoms with E-state index < -0.39 is 5.91 Å². The Hall–Kier alpha value is -3.71. The second-order valence-corrected chi connectivity index (χ2v) is 7.95. The molecule has 0 saturated heterocycles. The maximum Gasteiger partial charge on any atom is 0.258 e. The fraction of sp³-hybridized carbons (Fsp3) is 0.0870. The number of nitrogens with two attached hydrogens (primary N) is 1. The predicted octanol–water partition coefficient (Wildman–Crippen LogP) is 5.04. The van der Waals surface area contributed by atoms with Crippen LogP contribution < -0.4 is 11.1 Å². The molecule has 3 heterocycles. The monoisotopic (exact) mass is 417 g/mol. The molecule has 0 aliphatic carbocycles. The zero-order chi connectivity index (χ0) is 21.3. The maximum absolute atomic E-state index is 12.9. The first-order chi connectivity index (χ1) is 14.5. The van der Waals surface area contributed by atoms with Gasteiger partial charge in [-0.05, 0) is 43.7 Å². The van der Waals surface area contributed by atoms with Crippen LogP contribution in [0.1, 0.15) is 31.3 Å². The van der Waals surface area contributed by atoms with Crippen LogP contribution in [-0.4, -0.2) is 16.8 Å². The molecule has 30 heavy (non-hydrogen) atoms. The van der Waals surface area contributed by atoms with Crippen LogP contribution >= 0.6 is 11.3 Å². The summed E-state index contributed by atoms with van der Waals surface area (Å²) in [6, 6.07) is 16.5. The molecule has 150 valence electrons. The molecule has 3 N–H and O–H groups in total. The highest BCUT2D eigenvalue weighted by atomic mass is 32.1. The van der Waals surface area contributed by atoms with E-state index in [4.69, 9.17) is 10.2 Å². The second kappa shape index (κ2) is 7.96. The molecule has 0 spiro atoms. The second-order valence-electron chi connectivity index (χ2n) is 6.73. The van der Waals surface area contributed by atoms with E-state index in [-0.39, 0.29) is 5.91 Å². The van der Waals surface area contributed by atoms with Gasteiger partial charge in [-0.2, -0.15) is 0 Å². The van der Waals surface area contributed by atoms with Crippen molar-refractivity contribution in [2.45, 2.75) is 13.8 Å². The van der Waals surface area contributed by atoms with Gasteiger partial charge < -0.3 is 15.5 Å². The SMILES string of the molecule is Cc1nc(-c2ccco2)ccc1C(=O)Nc1sc(C)c(-c2ccccc2)c1C(N)=O. The van der Waals surface area contributed by atoms with Crippen molar-refractivity contribution in [3.05, 3.63) is 82.6 Å². The summed E-state index contributed by atoms with van der Waals surface area (Å²) in [7, 11) is 0. The van der Waals surface area contributed by atoms with E-state index in [1.165, 1.54) is 11.3 Å². The van der Waals surface area contributed by atoms with Crippen LogP contribution in [0.25, 0.3) is 22.6 Å². The standard InChI is InChI=1S/C23H19N3O3S/c1-13-16(10-11-17(25-13)18-9-6-12-29-18)22(28)26-23-20(21(24)27)19(14(2)30-23)15-7-4-3-5-8-15/h3-12H,1-2H3,(H2,24,27)(H,26,28). The van der Waals surface area contributed by atoms with Crippen LogP contribution in [0.4, 0.5) is 5.00 Å². The summed E-state index contributed by atoms with van der Waals surface area (Å²) in [6.07, 6.45) is 1.57. The number of carbonyl (C=O) groups is 2. The van der Waals surface area contributed by atoms with Crippen molar-refractivity contribution in [1.82, 2.24) is 4.98 Å². The summed E-state index contributed by atoms with van der Waals surface area (Å²) in [5.41, 5.74) is 9.22. The number of aromatic nitrogens is 1. The number of nitrogens with zero attached hydrogens (tertiary/aromatic N) is 1. The lowest BCUT2D eigenvalue weighted by atomic mass is 10.0. The Kier molecular flexibility index (Phi) is 5.20. The first-order valence-electron chi connectivity index (χ1n) is 9.27. The van der Waals surface area contributed by atoms with Crippen molar-refractivity contribution in [3.63, 3.8) is 0 Å². The van der Waals surface area contributed by atoms with E-state index in [2.05, 4.69) is 10.3 Å². The molecular weight excluding hydrogens is 398 g/mol. The van der Waals surface area contributed by atoms with Gasteiger partial charge in [-0.1, -0.05) is 30.3 Å². The predicted molar refractivity (Wildman–Crippen MR) is 118 cm³/mol. The lowest BCUT2D eigenvalue weighted by Gasteiger charge is -2.09. The minimum Gasteiger partial charge on any atom is -0.463 e. The molecule has 4 aromatic rings. The molecule has 4 rings (SSSR count). The van der Waals surface area contributed by atoms with E-state index >= 15 is 0 Å². The summed E-state index contributed by atoms with van der Waals surface area (Å²) in [6.45, 7) is 3.66. The van der Waals surface area contributed by atoms with Crippen LogP contribution in [0.15, 0.2) is 65.3 Å². The van der Waals surface area contributed by atoms with Crippen molar-refractivity contribution >= 4 is 28.2 Å². The van der Waals surface area contributed by atoms with Crippen molar-refractivity contribution in [1.29, 1.82) is 0 Å². The normalized spacial score (nSPS) is 10.7. The fourth-order valence-electron chi connectivity index (χ4n) is 3.35. The van der Waals surface area contributed by atoms with Crippen LogP contribution in [0.2, 0.25) is 0 Å². The van der Waals surface area contributed by atoms with Crippen molar-refractivity contribution in [2.24, 2.45) is 5.73 Å². The molecule has 2 amide bonds. The third kappa shape index (κ3) is 3.62. The highest BCUT2D eigenvalue weighted by Gasteiger charge is 2.23. The number of aryl methyl sites for hydroxylation is 2. The topological polar surface area (TPSA) is 98.2 Å². The largest absolute Gasteiger partial charge is 0.463 e. The summed E-state index contributed by atoms with van der Waals surface area (Å²) in [4.78, 5) is 30.5. The molecule has 1 aromatic carbocycles. The molecular formula is C23H19N3O3S. The summed E-state index contributed by atoms with van der Waals surface area (Å²) >= 11 is 1.33. The number of nitrogens with one attached hydrogen (secondary N) is 1. The molecule has 0 radical (unpaired) electrons. The molecule has 7 heteroatoms. The molecule has 0 saturated carbocycles. The average Bonchev–Trinajstić information content (AvgIpc) is 3.36. The van der Waals surface area contributed by atoms with Crippen molar-refractivity contribution in [3.8, 4) is 22.6 Å². The number of benzene rings is 1. The first kappa shape index (κ1) is 19.6. The smallest absolute Gasteiger partial charge is 0.258 e. The number of rotatable bonds is 5. The van der Waals surface area contributed by atoms with E-state index in [9.17, 15) is 9.59 Å². The Labute approximate surface area is 177 Å². The van der Waals surface area contributed by atoms with Crippen LogP contribution in [0.3, 0.4) is 0 Å². The average molecular weight is 417 g/mol. The van der Waals surface area contributed by atoms with E-state index in [1.807, 2.05) is 37.3 Å². The number of furan rings is 1. The molecule has 0 aliphatic heterocycles. The Morgan fingerprint density at radius 3 is 2.43 bits per heavy atom. The summed E-state index contributed by atoms with van der Waals surface area (Å²) in [5, 5.41) is 3.28. The van der Waals surface area contributed by atoms with Gasteiger partial charge >= 0.3 is 0 Å². The van der Waals surface area contributed by atoms with Gasteiger partial charge in [0, 0.05) is 10.4 Å². The maximum atomic E-state index is 12.9. The van der Waals surface area contributed by atoms with E-state index in [1.54, 1.807) is 37.5 Å². The van der Waals surface area contributed by atoms with Gasteiger partial charge in [0.05, 0.1) is 23.1 Å². The zero-order valence-electron chi connectivity index (χ0n) is 16.4. The van der Waals surface area contributed by atoms with Gasteiger partial charge in [0.1, 0.15) is 10.7 Å². The Morgan fingerprint density at radius 1 is 1.03 bits per heavy atom. The molecule has 6 nitrogen and oxygen atoms in total. The van der Waals surface area contributed by atoms with E-state index in [0.29, 0.717) is 33.3 Å². The van der Waals surface area contributed by atoms with Crippen LogP contribution in [0, 0.1) is 13.8 Å². The van der Waals surface area contributed by atoms with Gasteiger partial charge in [-0.15, -0.1) is 11.3 Å². The molecule has 0 fully saturated rings. The Morgan fingerprint density at radius 2 is 1.80 bits per heavy atom. The number of thiophene rings is 1. The quantitative estimate of drug-likeness (QED) is 0.475.